The van der Waals surface area contributed by atoms with E-state index in [0.717, 1.165) is 6.54 Å². The first-order valence-corrected chi connectivity index (χ1v) is 4.58. The number of carbonyl (C=O) groups excluding carboxylic acids is 1. The molecule has 0 aromatic heterocycles. The Kier molecular flexibility index (Phi) is 5.66. The van der Waals surface area contributed by atoms with E-state index in [2.05, 4.69) is 0 Å². The minimum absolute atomic E-state index is 0.0886. The number of hydrogen-bond acceptors (Lipinski definition) is 3. The van der Waals surface area contributed by atoms with Crippen LogP contribution in [0.2, 0.25) is 0 Å². The van der Waals surface area contributed by atoms with E-state index in [4.69, 9.17) is 5.11 Å². The Labute approximate surface area is 80.1 Å². The molecule has 1 N–H and O–H groups in total. The molecule has 0 aliphatic rings. The highest BCUT2D eigenvalue weighted by Crippen LogP contribution is 1.91. The molecule has 0 bridgehead atoms. The summed E-state index contributed by atoms with van der Waals surface area (Å²) in [6.07, 6.45) is -0.385. The predicted octanol–water partition coefficient (Wildman–Crippen LogP) is -0.223. The molecule has 0 fully saturated rings. The fraction of sp³-hybridized carbons (Fsp3) is 0.889. The van der Waals surface area contributed by atoms with Crippen molar-refractivity contribution in [3.05, 3.63) is 0 Å². The second-order valence-corrected chi connectivity index (χ2v) is 3.45. The van der Waals surface area contributed by atoms with Gasteiger partial charge in [-0.3, -0.25) is 9.69 Å². The highest BCUT2D eigenvalue weighted by molar-refractivity contribution is 5.77. The van der Waals surface area contributed by atoms with Gasteiger partial charge in [-0.2, -0.15) is 0 Å². The SMILES string of the molecule is CCN(C)C(=O)CN(C)CC(C)O. The van der Waals surface area contributed by atoms with Crippen LogP contribution in [0.15, 0.2) is 0 Å². The summed E-state index contributed by atoms with van der Waals surface area (Å²) in [7, 11) is 3.60. The van der Waals surface area contributed by atoms with Crippen molar-refractivity contribution in [1.29, 1.82) is 0 Å². The van der Waals surface area contributed by atoms with E-state index < -0.39 is 0 Å². The third kappa shape index (κ3) is 5.60. The van der Waals surface area contributed by atoms with Gasteiger partial charge in [0.2, 0.25) is 5.91 Å². The number of nitrogens with zero attached hydrogens (tertiary/aromatic N) is 2. The van der Waals surface area contributed by atoms with Crippen LogP contribution in [0.4, 0.5) is 0 Å². The third-order valence-corrected chi connectivity index (χ3v) is 1.88. The van der Waals surface area contributed by atoms with Crippen molar-refractivity contribution in [2.45, 2.75) is 20.0 Å². The highest BCUT2D eigenvalue weighted by Gasteiger charge is 2.10. The van der Waals surface area contributed by atoms with E-state index in [1.807, 2.05) is 18.9 Å². The van der Waals surface area contributed by atoms with E-state index in [0.29, 0.717) is 13.1 Å². The Morgan fingerprint density at radius 2 is 2.00 bits per heavy atom. The van der Waals surface area contributed by atoms with E-state index in [9.17, 15) is 4.79 Å². The first-order valence-electron chi connectivity index (χ1n) is 4.58. The quantitative estimate of drug-likeness (QED) is 0.648. The molecule has 78 valence electrons. The molecule has 0 saturated heterocycles. The second-order valence-electron chi connectivity index (χ2n) is 3.45. The highest BCUT2D eigenvalue weighted by atomic mass is 16.3. The summed E-state index contributed by atoms with van der Waals surface area (Å²) in [4.78, 5) is 14.9. The topological polar surface area (TPSA) is 43.8 Å². The number of likely N-dealkylation sites (N-methyl/N-ethyl adjacent to an activating group) is 2. The van der Waals surface area contributed by atoms with Crippen molar-refractivity contribution in [3.8, 4) is 0 Å². The van der Waals surface area contributed by atoms with Gasteiger partial charge >= 0.3 is 0 Å². The number of amides is 1. The van der Waals surface area contributed by atoms with Gasteiger partial charge in [0.05, 0.1) is 12.6 Å². The fourth-order valence-electron chi connectivity index (χ4n) is 1.04. The van der Waals surface area contributed by atoms with E-state index in [1.54, 1.807) is 18.9 Å². The second kappa shape index (κ2) is 5.94. The first-order chi connectivity index (χ1) is 5.97. The van der Waals surface area contributed by atoms with E-state index in [1.165, 1.54) is 0 Å². The molecule has 0 saturated carbocycles. The Morgan fingerprint density at radius 1 is 1.46 bits per heavy atom. The largest absolute Gasteiger partial charge is 0.392 e. The first kappa shape index (κ1) is 12.4. The molecule has 0 aromatic carbocycles. The number of aliphatic hydroxyl groups excluding tert-OH is 1. The molecular formula is C9H20N2O2. The van der Waals surface area contributed by atoms with Crippen LogP contribution in [0.3, 0.4) is 0 Å². The lowest BCUT2D eigenvalue weighted by molar-refractivity contribution is -0.130. The van der Waals surface area contributed by atoms with Gasteiger partial charge in [-0.05, 0) is 20.9 Å². The van der Waals surface area contributed by atoms with Crippen LogP contribution < -0.4 is 0 Å². The lowest BCUT2D eigenvalue weighted by Crippen LogP contribution is -2.38. The van der Waals surface area contributed by atoms with Crippen molar-refractivity contribution < 1.29 is 9.90 Å². The van der Waals surface area contributed by atoms with Gasteiger partial charge in [0.1, 0.15) is 0 Å². The Morgan fingerprint density at radius 3 is 2.38 bits per heavy atom. The zero-order valence-corrected chi connectivity index (χ0v) is 8.95. The zero-order chi connectivity index (χ0) is 10.4. The Hall–Kier alpha value is -0.610. The molecule has 0 heterocycles. The van der Waals surface area contributed by atoms with Gasteiger partial charge in [-0.1, -0.05) is 0 Å². The molecule has 1 amide bonds. The van der Waals surface area contributed by atoms with Crippen molar-refractivity contribution in [2.24, 2.45) is 0 Å². The summed E-state index contributed by atoms with van der Waals surface area (Å²) in [6, 6.07) is 0. The van der Waals surface area contributed by atoms with Crippen molar-refractivity contribution in [3.63, 3.8) is 0 Å². The summed E-state index contributed by atoms with van der Waals surface area (Å²) in [5.74, 6) is 0.0886. The normalized spacial score (nSPS) is 13.1. The molecule has 0 aliphatic carbocycles. The van der Waals surface area contributed by atoms with Gasteiger partial charge < -0.3 is 10.0 Å². The maximum absolute atomic E-state index is 11.4. The average molecular weight is 188 g/mol. The summed E-state index contributed by atoms with van der Waals surface area (Å²) >= 11 is 0. The van der Waals surface area contributed by atoms with Gasteiger partial charge in [-0.25, -0.2) is 0 Å². The molecule has 0 rings (SSSR count). The molecule has 0 aromatic rings. The lowest BCUT2D eigenvalue weighted by Gasteiger charge is -2.21. The van der Waals surface area contributed by atoms with Crippen LogP contribution >= 0.6 is 0 Å². The summed E-state index contributed by atoms with van der Waals surface area (Å²) < 4.78 is 0. The maximum atomic E-state index is 11.4. The van der Waals surface area contributed by atoms with Crippen LogP contribution in [0.25, 0.3) is 0 Å². The van der Waals surface area contributed by atoms with Crippen LogP contribution in [-0.2, 0) is 4.79 Å². The maximum Gasteiger partial charge on any atom is 0.236 e. The Bertz CT molecular complexity index is 160. The number of carbonyl (C=O) groups is 1. The molecule has 4 nitrogen and oxygen atoms in total. The van der Waals surface area contributed by atoms with Crippen LogP contribution in [0.5, 0.6) is 0 Å². The molecule has 4 heteroatoms. The predicted molar refractivity (Wildman–Crippen MR) is 52.5 cm³/mol. The lowest BCUT2D eigenvalue weighted by atomic mass is 10.3. The number of rotatable bonds is 5. The molecule has 0 spiro atoms. The summed E-state index contributed by atoms with van der Waals surface area (Å²) in [5.41, 5.74) is 0. The van der Waals surface area contributed by atoms with Crippen LogP contribution in [0.1, 0.15) is 13.8 Å². The third-order valence-electron chi connectivity index (χ3n) is 1.88. The molecule has 0 aliphatic heterocycles. The number of hydrogen-bond donors (Lipinski definition) is 1. The minimum atomic E-state index is -0.385. The molecule has 1 atom stereocenters. The van der Waals surface area contributed by atoms with Gasteiger partial charge in [0, 0.05) is 20.1 Å². The van der Waals surface area contributed by atoms with E-state index in [-0.39, 0.29) is 12.0 Å². The Balaban J connectivity index is 3.77. The minimum Gasteiger partial charge on any atom is -0.392 e. The average Bonchev–Trinajstić information content (AvgIpc) is 2.01. The summed E-state index contributed by atoms with van der Waals surface area (Å²) in [6.45, 7) is 5.27. The molecular weight excluding hydrogens is 168 g/mol. The van der Waals surface area contributed by atoms with Gasteiger partial charge in [0.25, 0.3) is 0 Å². The van der Waals surface area contributed by atoms with Crippen molar-refractivity contribution in [1.82, 2.24) is 9.80 Å². The molecule has 13 heavy (non-hydrogen) atoms. The van der Waals surface area contributed by atoms with Crippen LogP contribution in [0, 0.1) is 0 Å². The summed E-state index contributed by atoms with van der Waals surface area (Å²) in [5, 5.41) is 9.06. The smallest absolute Gasteiger partial charge is 0.236 e. The van der Waals surface area contributed by atoms with Crippen LogP contribution in [-0.4, -0.2) is 60.6 Å². The zero-order valence-electron chi connectivity index (χ0n) is 8.95. The standard InChI is InChI=1S/C9H20N2O2/c1-5-11(4)9(13)7-10(3)6-8(2)12/h8,12H,5-7H2,1-4H3. The van der Waals surface area contributed by atoms with E-state index >= 15 is 0 Å². The number of aliphatic hydroxyl groups is 1. The van der Waals surface area contributed by atoms with Gasteiger partial charge in [0.15, 0.2) is 0 Å². The fourth-order valence-corrected chi connectivity index (χ4v) is 1.04. The van der Waals surface area contributed by atoms with Crippen molar-refractivity contribution >= 4 is 5.91 Å². The van der Waals surface area contributed by atoms with Crippen molar-refractivity contribution in [2.75, 3.05) is 33.7 Å². The molecule has 1 unspecified atom stereocenters. The molecule has 0 radical (unpaired) electrons. The monoisotopic (exact) mass is 188 g/mol. The van der Waals surface area contributed by atoms with Gasteiger partial charge in [-0.15, -0.1) is 0 Å².